The van der Waals surface area contributed by atoms with Crippen LogP contribution in [0.3, 0.4) is 0 Å². The zero-order valence-electron chi connectivity index (χ0n) is 9.97. The van der Waals surface area contributed by atoms with Gasteiger partial charge in [-0.15, -0.1) is 0 Å². The number of ketones is 1. The molecule has 0 unspecified atom stereocenters. The minimum Gasteiger partial charge on any atom is -0.494 e. The summed E-state index contributed by atoms with van der Waals surface area (Å²) < 4.78 is 5.56. The second-order valence-corrected chi connectivity index (χ2v) is 4.40. The third-order valence-electron chi connectivity index (χ3n) is 2.35. The lowest BCUT2D eigenvalue weighted by atomic mass is 10.1. The second-order valence-electron chi connectivity index (χ2n) is 4.03. The molecular weight excluding hydrogens is 224 g/mol. The lowest BCUT2D eigenvalue weighted by Crippen LogP contribution is -2.01. The van der Waals surface area contributed by atoms with Crippen molar-refractivity contribution in [3.05, 3.63) is 28.3 Å². The van der Waals surface area contributed by atoms with Crippen LogP contribution >= 0.6 is 11.6 Å². The van der Waals surface area contributed by atoms with Gasteiger partial charge < -0.3 is 9.53 Å². The Balaban J connectivity index is 2.52. The summed E-state index contributed by atoms with van der Waals surface area (Å²) >= 11 is 6.05. The Bertz CT molecular complexity index is 363. The Morgan fingerprint density at radius 2 is 1.88 bits per heavy atom. The molecule has 0 N–H and O–H groups in total. The van der Waals surface area contributed by atoms with E-state index in [1.54, 1.807) is 6.92 Å². The molecule has 0 aliphatic heterocycles. The Morgan fingerprint density at radius 3 is 2.38 bits per heavy atom. The van der Waals surface area contributed by atoms with Gasteiger partial charge in [-0.3, -0.25) is 0 Å². The van der Waals surface area contributed by atoms with Crippen molar-refractivity contribution in [1.82, 2.24) is 0 Å². The Hall–Kier alpha value is -1.02. The quantitative estimate of drug-likeness (QED) is 0.734. The monoisotopic (exact) mass is 240 g/mol. The predicted octanol–water partition coefficient (Wildman–Crippen LogP) is 3.70. The molecule has 0 aliphatic rings. The normalized spacial score (nSPS) is 10.2. The van der Waals surface area contributed by atoms with Crippen LogP contribution in [-0.4, -0.2) is 12.4 Å². The van der Waals surface area contributed by atoms with E-state index in [9.17, 15) is 4.79 Å². The molecule has 1 aromatic rings. The van der Waals surface area contributed by atoms with Gasteiger partial charge in [0.2, 0.25) is 0 Å². The highest BCUT2D eigenvalue weighted by atomic mass is 35.5. The highest BCUT2D eigenvalue weighted by Gasteiger charge is 2.03. The number of halogens is 1. The molecule has 0 fully saturated rings. The molecule has 0 aromatic heterocycles. The largest absolute Gasteiger partial charge is 0.494 e. The van der Waals surface area contributed by atoms with Gasteiger partial charge in [-0.1, -0.05) is 11.6 Å². The lowest BCUT2D eigenvalue weighted by molar-refractivity contribution is -0.117. The lowest BCUT2D eigenvalue weighted by Gasteiger charge is -2.09. The van der Waals surface area contributed by atoms with E-state index in [1.807, 2.05) is 26.0 Å². The topological polar surface area (TPSA) is 26.3 Å². The molecule has 1 aromatic carbocycles. The van der Waals surface area contributed by atoms with Crippen LogP contribution in [0.2, 0.25) is 5.02 Å². The van der Waals surface area contributed by atoms with Crippen LogP contribution in [0.15, 0.2) is 12.1 Å². The van der Waals surface area contributed by atoms with Gasteiger partial charge >= 0.3 is 0 Å². The van der Waals surface area contributed by atoms with Crippen molar-refractivity contribution in [2.24, 2.45) is 0 Å². The molecule has 0 heterocycles. The van der Waals surface area contributed by atoms with Crippen molar-refractivity contribution in [1.29, 1.82) is 0 Å². The summed E-state index contributed by atoms with van der Waals surface area (Å²) in [6.45, 7) is 6.08. The number of aryl methyl sites for hydroxylation is 2. The third kappa shape index (κ3) is 3.86. The number of benzene rings is 1. The first-order chi connectivity index (χ1) is 7.50. The molecule has 3 heteroatoms. The van der Waals surface area contributed by atoms with Crippen LogP contribution in [-0.2, 0) is 4.79 Å². The predicted molar refractivity (Wildman–Crippen MR) is 66.3 cm³/mol. The van der Waals surface area contributed by atoms with E-state index in [2.05, 4.69) is 0 Å². The van der Waals surface area contributed by atoms with Crippen molar-refractivity contribution in [3.63, 3.8) is 0 Å². The molecular formula is C13H17ClO2. The summed E-state index contributed by atoms with van der Waals surface area (Å²) in [7, 11) is 0. The van der Waals surface area contributed by atoms with Gasteiger partial charge in [-0.25, -0.2) is 0 Å². The molecule has 0 spiro atoms. The molecule has 0 saturated heterocycles. The molecule has 1 rings (SSSR count). The Kier molecular flexibility index (Phi) is 4.81. The molecule has 88 valence electrons. The highest BCUT2D eigenvalue weighted by Crippen LogP contribution is 2.25. The first-order valence-electron chi connectivity index (χ1n) is 5.39. The molecule has 0 bridgehead atoms. The van der Waals surface area contributed by atoms with Crippen LogP contribution < -0.4 is 4.74 Å². The van der Waals surface area contributed by atoms with Crippen molar-refractivity contribution in [2.75, 3.05) is 6.61 Å². The summed E-state index contributed by atoms with van der Waals surface area (Å²) in [6, 6.07) is 3.84. The van der Waals surface area contributed by atoms with Gasteiger partial charge in [0.25, 0.3) is 0 Å². The van der Waals surface area contributed by atoms with Gasteiger partial charge in [-0.2, -0.15) is 0 Å². The van der Waals surface area contributed by atoms with Gasteiger partial charge in [-0.05, 0) is 50.5 Å². The van der Waals surface area contributed by atoms with E-state index in [1.165, 1.54) is 0 Å². The summed E-state index contributed by atoms with van der Waals surface area (Å²) in [6.07, 6.45) is 1.33. The average molecular weight is 241 g/mol. The number of hydrogen-bond donors (Lipinski definition) is 0. The van der Waals surface area contributed by atoms with Gasteiger partial charge in [0.15, 0.2) is 0 Å². The fourth-order valence-corrected chi connectivity index (χ4v) is 1.61. The molecule has 0 saturated carbocycles. The molecule has 2 nitrogen and oxygen atoms in total. The van der Waals surface area contributed by atoms with Crippen molar-refractivity contribution >= 4 is 17.4 Å². The van der Waals surface area contributed by atoms with Crippen molar-refractivity contribution in [3.8, 4) is 5.75 Å². The molecule has 0 atom stereocenters. The first kappa shape index (κ1) is 13.0. The highest BCUT2D eigenvalue weighted by molar-refractivity contribution is 6.32. The number of Topliss-reactive ketones (excluding diaryl/α,β-unsaturated/α-hetero) is 1. The van der Waals surface area contributed by atoms with E-state index in [4.69, 9.17) is 16.3 Å². The standard InChI is InChI=1S/C13H17ClO2/c1-9-7-12(8-10(2)13(9)14)16-6-4-5-11(3)15/h7-8H,4-6H2,1-3H3. The van der Waals surface area contributed by atoms with E-state index in [-0.39, 0.29) is 5.78 Å². The van der Waals surface area contributed by atoms with E-state index < -0.39 is 0 Å². The fourth-order valence-electron chi connectivity index (χ4n) is 1.50. The number of carbonyl (C=O) groups is 1. The maximum atomic E-state index is 10.7. The van der Waals surface area contributed by atoms with Gasteiger partial charge in [0.05, 0.1) is 6.61 Å². The molecule has 0 amide bonds. The van der Waals surface area contributed by atoms with Crippen LogP contribution in [0.5, 0.6) is 5.75 Å². The molecule has 0 radical (unpaired) electrons. The Labute approximate surface area is 102 Å². The van der Waals surface area contributed by atoms with Crippen LogP contribution in [0.1, 0.15) is 30.9 Å². The summed E-state index contributed by atoms with van der Waals surface area (Å²) in [5, 5.41) is 0.788. The molecule has 0 aliphatic carbocycles. The van der Waals surface area contributed by atoms with Gasteiger partial charge in [0.1, 0.15) is 11.5 Å². The maximum Gasteiger partial charge on any atom is 0.129 e. The van der Waals surface area contributed by atoms with Crippen LogP contribution in [0.25, 0.3) is 0 Å². The molecule has 16 heavy (non-hydrogen) atoms. The number of carbonyl (C=O) groups excluding carboxylic acids is 1. The zero-order valence-corrected chi connectivity index (χ0v) is 10.7. The average Bonchev–Trinajstić information content (AvgIpc) is 2.20. The number of ether oxygens (including phenoxy) is 1. The van der Waals surface area contributed by atoms with Crippen LogP contribution in [0, 0.1) is 13.8 Å². The van der Waals surface area contributed by atoms with Crippen LogP contribution in [0.4, 0.5) is 0 Å². The summed E-state index contributed by atoms with van der Waals surface area (Å²) in [4.78, 5) is 10.7. The smallest absolute Gasteiger partial charge is 0.129 e. The SMILES string of the molecule is CC(=O)CCCOc1cc(C)c(Cl)c(C)c1. The fraction of sp³-hybridized carbons (Fsp3) is 0.462. The second kappa shape index (κ2) is 5.90. The number of hydrogen-bond acceptors (Lipinski definition) is 2. The maximum absolute atomic E-state index is 10.7. The van der Waals surface area contributed by atoms with E-state index >= 15 is 0 Å². The van der Waals surface area contributed by atoms with E-state index in [0.29, 0.717) is 13.0 Å². The van der Waals surface area contributed by atoms with E-state index in [0.717, 1.165) is 28.3 Å². The van der Waals surface area contributed by atoms with Crippen molar-refractivity contribution in [2.45, 2.75) is 33.6 Å². The summed E-state index contributed by atoms with van der Waals surface area (Å²) in [5.74, 6) is 1.02. The minimum atomic E-state index is 0.201. The number of rotatable bonds is 5. The van der Waals surface area contributed by atoms with Gasteiger partial charge in [0, 0.05) is 11.4 Å². The Morgan fingerprint density at radius 1 is 1.31 bits per heavy atom. The summed E-state index contributed by atoms with van der Waals surface area (Å²) in [5.41, 5.74) is 2.03. The van der Waals surface area contributed by atoms with Crippen molar-refractivity contribution < 1.29 is 9.53 Å². The minimum absolute atomic E-state index is 0.201. The first-order valence-corrected chi connectivity index (χ1v) is 5.77. The third-order valence-corrected chi connectivity index (χ3v) is 2.95. The zero-order chi connectivity index (χ0) is 12.1.